The van der Waals surface area contributed by atoms with Gasteiger partial charge in [-0.05, 0) is 68.8 Å². The number of aromatic nitrogens is 3. The summed E-state index contributed by atoms with van der Waals surface area (Å²) < 4.78 is 5.47. The third kappa shape index (κ3) is 3.44. The summed E-state index contributed by atoms with van der Waals surface area (Å²) in [4.78, 5) is 11.0. The molecule has 4 rings (SSSR count). The molecule has 5 heteroatoms. The van der Waals surface area contributed by atoms with Crippen LogP contribution in [0.15, 0.2) is 53.2 Å². The van der Waals surface area contributed by atoms with E-state index in [0.29, 0.717) is 11.7 Å². The van der Waals surface area contributed by atoms with E-state index < -0.39 is 0 Å². The zero-order valence-corrected chi connectivity index (χ0v) is 14.0. The van der Waals surface area contributed by atoms with E-state index in [1.807, 2.05) is 42.5 Å². The lowest BCUT2D eigenvalue weighted by Gasteiger charge is -2.14. The van der Waals surface area contributed by atoms with Crippen molar-refractivity contribution < 1.29 is 4.52 Å². The second kappa shape index (κ2) is 6.88. The summed E-state index contributed by atoms with van der Waals surface area (Å²) in [5, 5.41) is 4.13. The Hall–Kier alpha value is -2.97. The average Bonchev–Trinajstić information content (AvgIpc) is 3.30. The minimum atomic E-state index is 0.241. The Morgan fingerprint density at radius 3 is 2.72 bits per heavy atom. The van der Waals surface area contributed by atoms with Crippen molar-refractivity contribution in [3.05, 3.63) is 65.8 Å². The number of pyridine rings is 1. The molecule has 1 fully saturated rings. The van der Waals surface area contributed by atoms with Crippen LogP contribution in [-0.4, -0.2) is 33.6 Å². The largest absolute Gasteiger partial charge is 0.337 e. The molecule has 124 valence electrons. The molecule has 0 spiro atoms. The van der Waals surface area contributed by atoms with Crippen molar-refractivity contribution >= 4 is 0 Å². The van der Waals surface area contributed by atoms with E-state index >= 15 is 0 Å². The summed E-state index contributed by atoms with van der Waals surface area (Å²) >= 11 is 0. The maximum absolute atomic E-state index is 5.47. The molecular weight excluding hydrogens is 312 g/mol. The van der Waals surface area contributed by atoms with Crippen LogP contribution in [0.3, 0.4) is 0 Å². The van der Waals surface area contributed by atoms with Crippen LogP contribution in [0.25, 0.3) is 11.4 Å². The van der Waals surface area contributed by atoms with E-state index in [1.165, 1.54) is 6.42 Å². The molecule has 0 radical (unpaired) electrons. The maximum Gasteiger partial charge on any atom is 0.244 e. The van der Waals surface area contributed by atoms with Gasteiger partial charge in [0.2, 0.25) is 11.7 Å². The van der Waals surface area contributed by atoms with Gasteiger partial charge in [-0.25, -0.2) is 4.98 Å². The van der Waals surface area contributed by atoms with Crippen LogP contribution >= 0.6 is 0 Å². The highest BCUT2D eigenvalue weighted by Gasteiger charge is 2.27. The summed E-state index contributed by atoms with van der Waals surface area (Å²) in [5.41, 5.74) is 2.61. The lowest BCUT2D eigenvalue weighted by molar-refractivity contribution is 0.245. The zero-order chi connectivity index (χ0) is 17.1. The Kier molecular flexibility index (Phi) is 4.28. The van der Waals surface area contributed by atoms with Crippen molar-refractivity contribution in [1.29, 1.82) is 0 Å². The minimum Gasteiger partial charge on any atom is -0.337 e. The van der Waals surface area contributed by atoms with Crippen molar-refractivity contribution in [2.45, 2.75) is 18.9 Å². The zero-order valence-electron chi connectivity index (χ0n) is 14.0. The highest BCUT2D eigenvalue weighted by atomic mass is 16.5. The predicted octanol–water partition coefficient (Wildman–Crippen LogP) is 3.30. The van der Waals surface area contributed by atoms with Crippen molar-refractivity contribution in [3.63, 3.8) is 0 Å². The molecule has 1 aliphatic heterocycles. The van der Waals surface area contributed by atoms with Gasteiger partial charge in [0, 0.05) is 17.3 Å². The van der Waals surface area contributed by atoms with Crippen LogP contribution in [0.2, 0.25) is 0 Å². The first-order chi connectivity index (χ1) is 12.3. The first-order valence-corrected chi connectivity index (χ1v) is 8.37. The predicted molar refractivity (Wildman–Crippen MR) is 94.6 cm³/mol. The molecule has 25 heavy (non-hydrogen) atoms. The normalized spacial score (nSPS) is 17.2. The minimum absolute atomic E-state index is 0.241. The third-order valence-corrected chi connectivity index (χ3v) is 4.39. The van der Waals surface area contributed by atoms with Gasteiger partial charge in [0.05, 0.1) is 6.04 Å². The van der Waals surface area contributed by atoms with Crippen LogP contribution in [-0.2, 0) is 0 Å². The molecule has 0 N–H and O–H groups in total. The number of nitrogens with zero attached hydrogens (tertiary/aromatic N) is 4. The third-order valence-electron chi connectivity index (χ3n) is 4.39. The van der Waals surface area contributed by atoms with Gasteiger partial charge in [0.1, 0.15) is 5.69 Å². The monoisotopic (exact) mass is 330 g/mol. The fourth-order valence-electron chi connectivity index (χ4n) is 2.99. The topological polar surface area (TPSA) is 55.1 Å². The molecule has 1 unspecified atom stereocenters. The summed E-state index contributed by atoms with van der Waals surface area (Å²) in [6.07, 6.45) is 3.98. The molecule has 2 aromatic heterocycles. The van der Waals surface area contributed by atoms with Crippen LogP contribution in [0, 0.1) is 11.8 Å². The average molecular weight is 330 g/mol. The summed E-state index contributed by atoms with van der Waals surface area (Å²) in [6.45, 7) is 1.08. The Morgan fingerprint density at radius 2 is 2.00 bits per heavy atom. The van der Waals surface area contributed by atoms with E-state index in [0.717, 1.165) is 29.8 Å². The molecule has 3 aromatic rings. The van der Waals surface area contributed by atoms with Gasteiger partial charge < -0.3 is 4.52 Å². The van der Waals surface area contributed by atoms with E-state index in [1.54, 1.807) is 6.20 Å². The van der Waals surface area contributed by atoms with Crippen molar-refractivity contribution in [2.75, 3.05) is 13.6 Å². The molecule has 1 aromatic carbocycles. The van der Waals surface area contributed by atoms with Gasteiger partial charge in [-0.2, -0.15) is 4.98 Å². The Balaban J connectivity index is 1.51. The van der Waals surface area contributed by atoms with Crippen molar-refractivity contribution in [2.24, 2.45) is 0 Å². The Labute approximate surface area is 146 Å². The van der Waals surface area contributed by atoms with Gasteiger partial charge in [-0.1, -0.05) is 17.1 Å². The lowest BCUT2D eigenvalue weighted by Crippen LogP contribution is -2.17. The molecule has 3 heterocycles. The second-order valence-electron chi connectivity index (χ2n) is 6.14. The molecule has 0 aliphatic carbocycles. The SMILES string of the molecule is CN1CCCC1c1nc(-c2ccc(C#Cc3ccccn3)cc2)no1. The standard InChI is InChI=1S/C20H18N4O/c1-24-14-4-6-18(24)20-22-19(23-25-20)16-10-7-15(8-11-16)9-12-17-5-2-3-13-21-17/h2-3,5,7-8,10-11,13,18H,4,6,14H2,1H3. The molecule has 5 nitrogen and oxygen atoms in total. The highest BCUT2D eigenvalue weighted by molar-refractivity contribution is 5.56. The second-order valence-corrected chi connectivity index (χ2v) is 6.14. The van der Waals surface area contributed by atoms with Crippen LogP contribution in [0.4, 0.5) is 0 Å². The van der Waals surface area contributed by atoms with E-state index in [9.17, 15) is 0 Å². The van der Waals surface area contributed by atoms with Crippen molar-refractivity contribution in [1.82, 2.24) is 20.0 Å². The number of likely N-dealkylation sites (tertiary alicyclic amines) is 1. The van der Waals surface area contributed by atoms with Gasteiger partial charge in [0.25, 0.3) is 0 Å². The summed E-state index contributed by atoms with van der Waals surface area (Å²) in [5.74, 6) is 7.49. The van der Waals surface area contributed by atoms with Gasteiger partial charge in [-0.3, -0.25) is 4.90 Å². The molecule has 0 saturated carbocycles. The van der Waals surface area contributed by atoms with E-state index in [4.69, 9.17) is 4.52 Å². The lowest BCUT2D eigenvalue weighted by atomic mass is 10.1. The maximum atomic E-state index is 5.47. The molecule has 0 amide bonds. The Bertz CT molecular complexity index is 906. The molecule has 0 bridgehead atoms. The number of hydrogen-bond acceptors (Lipinski definition) is 5. The summed E-state index contributed by atoms with van der Waals surface area (Å²) in [7, 11) is 2.09. The fraction of sp³-hybridized carbons (Fsp3) is 0.250. The number of benzene rings is 1. The number of hydrogen-bond donors (Lipinski definition) is 0. The van der Waals surface area contributed by atoms with Crippen LogP contribution in [0.5, 0.6) is 0 Å². The molecular formula is C20H18N4O. The molecule has 1 aliphatic rings. The van der Waals surface area contributed by atoms with Crippen molar-refractivity contribution in [3.8, 4) is 23.2 Å². The van der Waals surface area contributed by atoms with E-state index in [-0.39, 0.29) is 6.04 Å². The van der Waals surface area contributed by atoms with Gasteiger partial charge in [-0.15, -0.1) is 0 Å². The molecule has 1 atom stereocenters. The quantitative estimate of drug-likeness (QED) is 0.675. The van der Waals surface area contributed by atoms with Crippen LogP contribution in [0.1, 0.15) is 36.0 Å². The smallest absolute Gasteiger partial charge is 0.244 e. The van der Waals surface area contributed by atoms with Gasteiger partial charge in [0.15, 0.2) is 0 Å². The van der Waals surface area contributed by atoms with Gasteiger partial charge >= 0.3 is 0 Å². The first kappa shape index (κ1) is 15.6. The molecule has 1 saturated heterocycles. The number of rotatable bonds is 2. The fourth-order valence-corrected chi connectivity index (χ4v) is 2.99. The first-order valence-electron chi connectivity index (χ1n) is 8.37. The summed E-state index contributed by atoms with van der Waals surface area (Å²) in [6, 6.07) is 13.8. The van der Waals surface area contributed by atoms with Crippen LogP contribution < -0.4 is 0 Å². The highest BCUT2D eigenvalue weighted by Crippen LogP contribution is 2.30. The Morgan fingerprint density at radius 1 is 1.12 bits per heavy atom. The van der Waals surface area contributed by atoms with E-state index in [2.05, 4.69) is 38.9 Å².